The van der Waals surface area contributed by atoms with Crippen molar-refractivity contribution in [2.75, 3.05) is 14.1 Å². The monoisotopic (exact) mass is 386 g/mol. The lowest BCUT2D eigenvalue weighted by atomic mass is 10.1. The molecule has 0 amide bonds. The first-order chi connectivity index (χ1) is 14.1. The van der Waals surface area contributed by atoms with Gasteiger partial charge in [0.1, 0.15) is 0 Å². The van der Waals surface area contributed by atoms with Crippen LogP contribution >= 0.6 is 0 Å². The van der Waals surface area contributed by atoms with Crippen LogP contribution in [0.4, 0.5) is 0 Å². The maximum Gasteiger partial charge on any atom is 0.297 e. The molecule has 0 aliphatic carbocycles. The Labute approximate surface area is 168 Å². The van der Waals surface area contributed by atoms with E-state index in [-0.39, 0.29) is 5.56 Å². The third-order valence-electron chi connectivity index (χ3n) is 4.55. The second-order valence-electron chi connectivity index (χ2n) is 7.15. The molecule has 146 valence electrons. The van der Waals surface area contributed by atoms with Gasteiger partial charge in [-0.3, -0.25) is 4.79 Å². The Kier molecular flexibility index (Phi) is 5.35. The van der Waals surface area contributed by atoms with E-state index < -0.39 is 0 Å². The van der Waals surface area contributed by atoms with Crippen LogP contribution in [0.5, 0.6) is 0 Å². The quantitative estimate of drug-likeness (QED) is 0.506. The average Bonchev–Trinajstić information content (AvgIpc) is 3.16. The van der Waals surface area contributed by atoms with E-state index in [1.54, 1.807) is 0 Å². The van der Waals surface area contributed by atoms with Crippen molar-refractivity contribution in [3.63, 3.8) is 0 Å². The molecule has 2 aromatic carbocycles. The fraction of sp³-hybridized carbons (Fsp3) is 0.174. The SMILES string of the molecule is CN(C)Cc1nn(Cc2ccccc2)c(=O)c2noc(/C=C/c3ccccc3)c12. The van der Waals surface area contributed by atoms with Crippen molar-refractivity contribution in [1.29, 1.82) is 0 Å². The summed E-state index contributed by atoms with van der Waals surface area (Å²) in [7, 11) is 3.93. The fourth-order valence-corrected chi connectivity index (χ4v) is 3.21. The molecule has 0 fully saturated rings. The van der Waals surface area contributed by atoms with Crippen molar-refractivity contribution in [3.8, 4) is 0 Å². The highest BCUT2D eigenvalue weighted by Crippen LogP contribution is 2.22. The Hall–Kier alpha value is -3.51. The van der Waals surface area contributed by atoms with E-state index in [4.69, 9.17) is 4.52 Å². The number of rotatable bonds is 6. The summed E-state index contributed by atoms with van der Waals surface area (Å²) in [5, 5.41) is 9.40. The van der Waals surface area contributed by atoms with Gasteiger partial charge in [-0.05, 0) is 31.3 Å². The Morgan fingerprint density at radius 1 is 1.00 bits per heavy atom. The lowest BCUT2D eigenvalue weighted by Crippen LogP contribution is -2.27. The first kappa shape index (κ1) is 18.8. The third-order valence-corrected chi connectivity index (χ3v) is 4.55. The van der Waals surface area contributed by atoms with E-state index in [1.807, 2.05) is 91.8 Å². The van der Waals surface area contributed by atoms with Gasteiger partial charge in [0, 0.05) is 6.54 Å². The molecule has 0 unspecified atom stereocenters. The molecule has 0 saturated heterocycles. The molecule has 2 aromatic heterocycles. The van der Waals surface area contributed by atoms with Crippen molar-refractivity contribution in [1.82, 2.24) is 19.8 Å². The van der Waals surface area contributed by atoms with Crippen LogP contribution in [0.2, 0.25) is 0 Å². The minimum absolute atomic E-state index is 0.255. The fourth-order valence-electron chi connectivity index (χ4n) is 3.21. The Bertz CT molecular complexity index is 1190. The minimum Gasteiger partial charge on any atom is -0.355 e. The van der Waals surface area contributed by atoms with E-state index in [2.05, 4.69) is 10.3 Å². The van der Waals surface area contributed by atoms with Crippen molar-refractivity contribution in [2.24, 2.45) is 0 Å². The highest BCUT2D eigenvalue weighted by atomic mass is 16.5. The Morgan fingerprint density at radius 2 is 1.69 bits per heavy atom. The van der Waals surface area contributed by atoms with Crippen LogP contribution in [0.3, 0.4) is 0 Å². The summed E-state index contributed by atoms with van der Waals surface area (Å²) < 4.78 is 7.00. The molecule has 0 bridgehead atoms. The summed E-state index contributed by atoms with van der Waals surface area (Å²) in [5.74, 6) is 0.539. The summed E-state index contributed by atoms with van der Waals surface area (Å²) in [4.78, 5) is 15.0. The van der Waals surface area contributed by atoms with Crippen molar-refractivity contribution < 1.29 is 4.52 Å². The molecule has 6 nitrogen and oxygen atoms in total. The van der Waals surface area contributed by atoms with Gasteiger partial charge >= 0.3 is 0 Å². The van der Waals surface area contributed by atoms with Crippen LogP contribution in [0.25, 0.3) is 23.1 Å². The molecule has 0 N–H and O–H groups in total. The molecule has 0 aliphatic rings. The summed E-state index contributed by atoms with van der Waals surface area (Å²) in [6, 6.07) is 19.7. The molecule has 0 aliphatic heterocycles. The van der Waals surface area contributed by atoms with Crippen molar-refractivity contribution in [2.45, 2.75) is 13.1 Å². The van der Waals surface area contributed by atoms with E-state index in [0.29, 0.717) is 29.8 Å². The Balaban J connectivity index is 1.80. The first-order valence-corrected chi connectivity index (χ1v) is 9.43. The number of hydrogen-bond donors (Lipinski definition) is 0. The number of hydrogen-bond acceptors (Lipinski definition) is 5. The number of benzene rings is 2. The highest BCUT2D eigenvalue weighted by Gasteiger charge is 2.19. The van der Waals surface area contributed by atoms with Gasteiger partial charge in [-0.2, -0.15) is 5.10 Å². The zero-order valence-electron chi connectivity index (χ0n) is 16.4. The predicted molar refractivity (Wildman–Crippen MR) is 114 cm³/mol. The van der Waals surface area contributed by atoms with Gasteiger partial charge in [-0.25, -0.2) is 4.68 Å². The molecule has 4 rings (SSSR count). The summed E-state index contributed by atoms with van der Waals surface area (Å²) in [5.41, 5.74) is 2.85. The molecule has 4 aromatic rings. The van der Waals surface area contributed by atoms with Crippen LogP contribution < -0.4 is 5.56 Å². The predicted octanol–water partition coefficient (Wildman–Crippen LogP) is 3.66. The van der Waals surface area contributed by atoms with E-state index in [1.165, 1.54) is 4.68 Å². The van der Waals surface area contributed by atoms with Gasteiger partial charge in [0.05, 0.1) is 17.6 Å². The van der Waals surface area contributed by atoms with Gasteiger partial charge in [-0.15, -0.1) is 0 Å². The lowest BCUT2D eigenvalue weighted by molar-refractivity contribution is 0.392. The average molecular weight is 386 g/mol. The first-order valence-electron chi connectivity index (χ1n) is 9.43. The van der Waals surface area contributed by atoms with Crippen LogP contribution in [0, 0.1) is 0 Å². The number of fused-ring (bicyclic) bond motifs is 1. The number of aromatic nitrogens is 3. The topological polar surface area (TPSA) is 64.2 Å². The zero-order chi connectivity index (χ0) is 20.2. The normalized spacial score (nSPS) is 11.7. The summed E-state index contributed by atoms with van der Waals surface area (Å²) in [6.07, 6.45) is 3.78. The highest BCUT2D eigenvalue weighted by molar-refractivity contribution is 5.89. The minimum atomic E-state index is -0.255. The smallest absolute Gasteiger partial charge is 0.297 e. The third kappa shape index (κ3) is 4.17. The zero-order valence-corrected chi connectivity index (χ0v) is 16.4. The van der Waals surface area contributed by atoms with Crippen LogP contribution in [0.15, 0.2) is 70.0 Å². The van der Waals surface area contributed by atoms with Gasteiger partial charge < -0.3 is 9.42 Å². The lowest BCUT2D eigenvalue weighted by Gasteiger charge is -2.12. The molecule has 0 atom stereocenters. The van der Waals surface area contributed by atoms with Crippen LogP contribution in [0.1, 0.15) is 22.6 Å². The van der Waals surface area contributed by atoms with Crippen LogP contribution in [-0.4, -0.2) is 33.9 Å². The van der Waals surface area contributed by atoms with E-state index in [0.717, 1.165) is 16.8 Å². The maximum atomic E-state index is 13.0. The number of nitrogens with zero attached hydrogens (tertiary/aromatic N) is 4. The Morgan fingerprint density at radius 3 is 2.38 bits per heavy atom. The molecular weight excluding hydrogens is 364 g/mol. The molecule has 0 spiro atoms. The molecule has 6 heteroatoms. The van der Waals surface area contributed by atoms with Crippen molar-refractivity contribution >= 4 is 23.1 Å². The maximum absolute atomic E-state index is 13.0. The summed E-state index contributed by atoms with van der Waals surface area (Å²) >= 11 is 0. The molecule has 29 heavy (non-hydrogen) atoms. The van der Waals surface area contributed by atoms with Gasteiger partial charge in [-0.1, -0.05) is 71.9 Å². The molecule has 0 radical (unpaired) electrons. The molecule has 0 saturated carbocycles. The summed E-state index contributed by atoms with van der Waals surface area (Å²) in [6.45, 7) is 0.955. The molecular formula is C23H22N4O2. The largest absolute Gasteiger partial charge is 0.355 e. The second kappa shape index (κ2) is 8.24. The standard InChI is InChI=1S/C23H22N4O2/c1-26(2)16-19-21-20(14-13-17-9-5-3-6-10-17)29-25-22(21)23(28)27(24-19)15-18-11-7-4-8-12-18/h3-14H,15-16H2,1-2H3/b14-13+. The second-order valence-corrected chi connectivity index (χ2v) is 7.15. The van der Waals surface area contributed by atoms with E-state index >= 15 is 0 Å². The van der Waals surface area contributed by atoms with Crippen LogP contribution in [-0.2, 0) is 13.1 Å². The molecule has 2 heterocycles. The van der Waals surface area contributed by atoms with Gasteiger partial charge in [0.15, 0.2) is 11.3 Å². The van der Waals surface area contributed by atoms with Crippen molar-refractivity contribution in [3.05, 3.63) is 93.6 Å². The van der Waals surface area contributed by atoms with Gasteiger partial charge in [0.2, 0.25) is 0 Å². The van der Waals surface area contributed by atoms with E-state index in [9.17, 15) is 4.79 Å². The van der Waals surface area contributed by atoms with Gasteiger partial charge in [0.25, 0.3) is 5.56 Å².